The summed E-state index contributed by atoms with van der Waals surface area (Å²) in [6, 6.07) is 5.54. The maximum absolute atomic E-state index is 12.8. The molecule has 0 aromatic heterocycles. The molecule has 1 aromatic rings. The topological polar surface area (TPSA) is 61.4 Å². The lowest BCUT2D eigenvalue weighted by atomic mass is 10.2. The monoisotopic (exact) mass is 240 g/mol. The molecule has 1 rings (SSSR count). The van der Waals surface area contributed by atoms with Crippen LogP contribution in [0.2, 0.25) is 0 Å². The van der Waals surface area contributed by atoms with Crippen LogP contribution in [0.3, 0.4) is 0 Å². The predicted octanol–water partition coefficient (Wildman–Crippen LogP) is 0.526. The number of benzene rings is 1. The van der Waals surface area contributed by atoms with E-state index in [9.17, 15) is 9.18 Å². The molecular formula is C12H17FN2O2. The summed E-state index contributed by atoms with van der Waals surface area (Å²) < 4.78 is 12.8. The number of hydrogen-bond donors (Lipinski definition) is 3. The number of rotatable bonds is 6. The van der Waals surface area contributed by atoms with E-state index in [4.69, 9.17) is 5.11 Å². The molecule has 0 radical (unpaired) electrons. The Morgan fingerprint density at radius 2 is 2.24 bits per heavy atom. The Kier molecular flexibility index (Phi) is 5.59. The van der Waals surface area contributed by atoms with Crippen molar-refractivity contribution in [2.45, 2.75) is 13.0 Å². The van der Waals surface area contributed by atoms with Gasteiger partial charge in [0.05, 0.1) is 6.10 Å². The quantitative estimate of drug-likeness (QED) is 0.635. The number of nitrogens with one attached hydrogen (secondary N) is 2. The van der Waals surface area contributed by atoms with E-state index in [1.54, 1.807) is 13.0 Å². The third-order valence-corrected chi connectivity index (χ3v) is 2.11. The third-order valence-electron chi connectivity index (χ3n) is 2.11. The highest BCUT2D eigenvalue weighted by Crippen LogP contribution is 2.02. The molecule has 0 bridgehead atoms. The second-order valence-corrected chi connectivity index (χ2v) is 3.82. The fourth-order valence-electron chi connectivity index (χ4n) is 1.31. The number of amides is 1. The maximum atomic E-state index is 12.8. The van der Waals surface area contributed by atoms with E-state index in [0.717, 1.165) is 0 Å². The normalized spacial score (nSPS) is 12.2. The highest BCUT2D eigenvalue weighted by molar-refractivity contribution is 5.94. The molecule has 0 fully saturated rings. The van der Waals surface area contributed by atoms with Gasteiger partial charge in [-0.2, -0.15) is 0 Å². The molecule has 94 valence electrons. The number of halogens is 1. The molecule has 0 aliphatic carbocycles. The van der Waals surface area contributed by atoms with E-state index in [0.29, 0.717) is 25.2 Å². The summed E-state index contributed by atoms with van der Waals surface area (Å²) in [4.78, 5) is 11.5. The lowest BCUT2D eigenvalue weighted by molar-refractivity contribution is 0.0953. The standard InChI is InChI=1S/C12H17FN2O2/c1-9(16)8-14-5-6-15-12(17)10-3-2-4-11(13)7-10/h2-4,7,9,14,16H,5-6,8H2,1H3,(H,15,17). The van der Waals surface area contributed by atoms with Crippen LogP contribution in [-0.2, 0) is 0 Å². The Bertz CT molecular complexity index is 369. The largest absolute Gasteiger partial charge is 0.392 e. The summed E-state index contributed by atoms with van der Waals surface area (Å²) in [5, 5.41) is 14.6. The van der Waals surface area contributed by atoms with Crippen LogP contribution in [0.15, 0.2) is 24.3 Å². The van der Waals surface area contributed by atoms with Crippen LogP contribution in [-0.4, -0.2) is 36.8 Å². The van der Waals surface area contributed by atoms with Gasteiger partial charge >= 0.3 is 0 Å². The fraction of sp³-hybridized carbons (Fsp3) is 0.417. The molecule has 0 aliphatic heterocycles. The summed E-state index contributed by atoms with van der Waals surface area (Å²) in [6.45, 7) is 3.15. The Hall–Kier alpha value is -1.46. The molecule has 3 N–H and O–H groups in total. The molecular weight excluding hydrogens is 223 g/mol. The van der Waals surface area contributed by atoms with Gasteiger partial charge in [-0.1, -0.05) is 6.07 Å². The van der Waals surface area contributed by atoms with Gasteiger partial charge in [0, 0.05) is 25.2 Å². The summed E-state index contributed by atoms with van der Waals surface area (Å²) in [5.74, 6) is -0.728. The first-order chi connectivity index (χ1) is 8.09. The first-order valence-electron chi connectivity index (χ1n) is 5.52. The molecule has 0 heterocycles. The van der Waals surface area contributed by atoms with Gasteiger partial charge < -0.3 is 15.7 Å². The molecule has 0 spiro atoms. The van der Waals surface area contributed by atoms with Crippen LogP contribution >= 0.6 is 0 Å². The van der Waals surface area contributed by atoms with Crippen molar-refractivity contribution in [3.05, 3.63) is 35.6 Å². The van der Waals surface area contributed by atoms with Crippen molar-refractivity contribution >= 4 is 5.91 Å². The van der Waals surface area contributed by atoms with Gasteiger partial charge in [-0.3, -0.25) is 4.79 Å². The second kappa shape index (κ2) is 6.98. The highest BCUT2D eigenvalue weighted by Gasteiger charge is 2.05. The van der Waals surface area contributed by atoms with E-state index >= 15 is 0 Å². The zero-order valence-corrected chi connectivity index (χ0v) is 9.74. The average molecular weight is 240 g/mol. The molecule has 1 aromatic carbocycles. The zero-order valence-electron chi connectivity index (χ0n) is 9.74. The molecule has 0 saturated heterocycles. The number of carbonyl (C=O) groups is 1. The number of aliphatic hydroxyl groups is 1. The van der Waals surface area contributed by atoms with Crippen molar-refractivity contribution in [3.63, 3.8) is 0 Å². The minimum atomic E-state index is -0.426. The van der Waals surface area contributed by atoms with Gasteiger partial charge in [-0.25, -0.2) is 4.39 Å². The Morgan fingerprint density at radius 3 is 2.88 bits per heavy atom. The van der Waals surface area contributed by atoms with E-state index in [-0.39, 0.29) is 5.91 Å². The smallest absolute Gasteiger partial charge is 0.251 e. The summed E-state index contributed by atoms with van der Waals surface area (Å²) in [6.07, 6.45) is -0.408. The first-order valence-corrected chi connectivity index (χ1v) is 5.52. The molecule has 4 nitrogen and oxygen atoms in total. The van der Waals surface area contributed by atoms with E-state index < -0.39 is 11.9 Å². The lowest BCUT2D eigenvalue weighted by Crippen LogP contribution is -2.34. The van der Waals surface area contributed by atoms with Crippen LogP contribution in [0, 0.1) is 5.82 Å². The molecule has 0 saturated carbocycles. The van der Waals surface area contributed by atoms with E-state index in [1.807, 2.05) is 0 Å². The van der Waals surface area contributed by atoms with Gasteiger partial charge in [0.1, 0.15) is 5.82 Å². The van der Waals surface area contributed by atoms with Gasteiger partial charge in [0.2, 0.25) is 0 Å². The Balaban J connectivity index is 2.26. The Labute approximate surface area is 99.8 Å². The molecule has 1 amide bonds. The summed E-state index contributed by atoms with van der Waals surface area (Å²) >= 11 is 0. The molecule has 0 aliphatic rings. The van der Waals surface area contributed by atoms with Gasteiger partial charge in [0.15, 0.2) is 0 Å². The van der Waals surface area contributed by atoms with Crippen LogP contribution < -0.4 is 10.6 Å². The van der Waals surface area contributed by atoms with Crippen molar-refractivity contribution in [2.24, 2.45) is 0 Å². The van der Waals surface area contributed by atoms with E-state index in [2.05, 4.69) is 10.6 Å². The summed E-state index contributed by atoms with van der Waals surface area (Å²) in [5.41, 5.74) is 0.306. The Morgan fingerprint density at radius 1 is 1.47 bits per heavy atom. The summed E-state index contributed by atoms with van der Waals surface area (Å²) in [7, 11) is 0. The average Bonchev–Trinajstić information content (AvgIpc) is 2.28. The van der Waals surface area contributed by atoms with Crippen LogP contribution in [0.1, 0.15) is 17.3 Å². The second-order valence-electron chi connectivity index (χ2n) is 3.82. The van der Waals surface area contributed by atoms with Crippen LogP contribution in [0.25, 0.3) is 0 Å². The molecule has 1 unspecified atom stereocenters. The third kappa shape index (κ3) is 5.42. The fourth-order valence-corrected chi connectivity index (χ4v) is 1.31. The van der Waals surface area contributed by atoms with Crippen molar-refractivity contribution < 1.29 is 14.3 Å². The molecule has 17 heavy (non-hydrogen) atoms. The number of hydrogen-bond acceptors (Lipinski definition) is 3. The predicted molar refractivity (Wildman–Crippen MR) is 63.3 cm³/mol. The number of carbonyl (C=O) groups excluding carboxylic acids is 1. The van der Waals surface area contributed by atoms with Crippen molar-refractivity contribution in [3.8, 4) is 0 Å². The van der Waals surface area contributed by atoms with E-state index in [1.165, 1.54) is 18.2 Å². The van der Waals surface area contributed by atoms with Gasteiger partial charge in [-0.05, 0) is 25.1 Å². The minimum absolute atomic E-state index is 0.302. The molecule has 1 atom stereocenters. The van der Waals surface area contributed by atoms with Crippen LogP contribution in [0.4, 0.5) is 4.39 Å². The zero-order chi connectivity index (χ0) is 12.7. The number of aliphatic hydroxyl groups excluding tert-OH is 1. The van der Waals surface area contributed by atoms with Crippen molar-refractivity contribution in [1.82, 2.24) is 10.6 Å². The van der Waals surface area contributed by atoms with Crippen molar-refractivity contribution in [2.75, 3.05) is 19.6 Å². The molecule has 5 heteroatoms. The van der Waals surface area contributed by atoms with Gasteiger partial charge in [0.25, 0.3) is 5.91 Å². The lowest BCUT2D eigenvalue weighted by Gasteiger charge is -2.08. The first kappa shape index (κ1) is 13.6. The maximum Gasteiger partial charge on any atom is 0.251 e. The van der Waals surface area contributed by atoms with Crippen LogP contribution in [0.5, 0.6) is 0 Å². The highest BCUT2D eigenvalue weighted by atomic mass is 19.1. The SMILES string of the molecule is CC(O)CNCCNC(=O)c1cccc(F)c1. The van der Waals surface area contributed by atoms with Crippen molar-refractivity contribution in [1.29, 1.82) is 0 Å². The minimum Gasteiger partial charge on any atom is -0.392 e. The van der Waals surface area contributed by atoms with Gasteiger partial charge in [-0.15, -0.1) is 0 Å².